The minimum absolute atomic E-state index is 0.0371. The van der Waals surface area contributed by atoms with Gasteiger partial charge in [-0.15, -0.1) is 0 Å². The second kappa shape index (κ2) is 11.8. The van der Waals surface area contributed by atoms with Crippen molar-refractivity contribution >= 4 is 5.91 Å². The van der Waals surface area contributed by atoms with Crippen LogP contribution in [0.1, 0.15) is 11.4 Å². The van der Waals surface area contributed by atoms with Crippen molar-refractivity contribution in [1.82, 2.24) is 30.1 Å². The largest absolute Gasteiger partial charge is 0.476 e. The summed E-state index contributed by atoms with van der Waals surface area (Å²) in [7, 11) is 2.11. The van der Waals surface area contributed by atoms with Gasteiger partial charge >= 0.3 is 0 Å². The molecule has 35 heavy (non-hydrogen) atoms. The van der Waals surface area contributed by atoms with E-state index in [2.05, 4.69) is 37.1 Å². The molecule has 0 unspecified atom stereocenters. The average Bonchev–Trinajstić information content (AvgIpc) is 2.85. The van der Waals surface area contributed by atoms with Gasteiger partial charge in [0.05, 0.1) is 13.0 Å². The number of piperazine rings is 1. The van der Waals surface area contributed by atoms with Gasteiger partial charge in [-0.05, 0) is 18.2 Å². The highest BCUT2D eigenvalue weighted by Crippen LogP contribution is 2.25. The van der Waals surface area contributed by atoms with Gasteiger partial charge in [0, 0.05) is 62.8 Å². The van der Waals surface area contributed by atoms with Gasteiger partial charge in [0.25, 0.3) is 0 Å². The summed E-state index contributed by atoms with van der Waals surface area (Å²) in [4.78, 5) is 28.5. The number of amides is 1. The van der Waals surface area contributed by atoms with E-state index in [0.717, 1.165) is 44.4 Å². The minimum Gasteiger partial charge on any atom is -0.476 e. The predicted octanol–water partition coefficient (Wildman–Crippen LogP) is 2.30. The molecule has 1 N–H and O–H groups in total. The third kappa shape index (κ3) is 7.24. The molecule has 0 bridgehead atoms. The third-order valence-electron chi connectivity index (χ3n) is 5.83. The first-order chi connectivity index (χ1) is 17.0. The summed E-state index contributed by atoms with van der Waals surface area (Å²) in [6.07, 6.45) is 2.88. The molecule has 1 aromatic carbocycles. The highest BCUT2D eigenvalue weighted by atomic mass is 19.1. The Kier molecular flexibility index (Phi) is 8.27. The fourth-order valence-electron chi connectivity index (χ4n) is 3.74. The van der Waals surface area contributed by atoms with Gasteiger partial charge in [-0.1, -0.05) is 24.3 Å². The van der Waals surface area contributed by atoms with Gasteiger partial charge in [-0.3, -0.25) is 9.69 Å². The number of nitrogens with zero attached hydrogens (tertiary/aromatic N) is 5. The van der Waals surface area contributed by atoms with Crippen LogP contribution in [0.3, 0.4) is 0 Å². The Morgan fingerprint density at radius 3 is 2.57 bits per heavy atom. The molecule has 0 saturated carbocycles. The summed E-state index contributed by atoms with van der Waals surface area (Å²) >= 11 is 0. The molecule has 0 radical (unpaired) electrons. The van der Waals surface area contributed by atoms with E-state index in [0.29, 0.717) is 17.7 Å². The lowest BCUT2D eigenvalue weighted by molar-refractivity contribution is -0.120. The maximum Gasteiger partial charge on any atom is 0.224 e. The fourth-order valence-corrected chi connectivity index (χ4v) is 3.74. The Morgan fingerprint density at radius 2 is 1.86 bits per heavy atom. The van der Waals surface area contributed by atoms with Gasteiger partial charge in [-0.2, -0.15) is 4.39 Å². The summed E-state index contributed by atoms with van der Waals surface area (Å²) in [6.45, 7) is 5.35. The van der Waals surface area contributed by atoms with Crippen molar-refractivity contribution in [3.63, 3.8) is 0 Å². The molecule has 1 amide bonds. The smallest absolute Gasteiger partial charge is 0.224 e. The molecule has 0 spiro atoms. The molecular formula is C25H28F2N6O2. The van der Waals surface area contributed by atoms with Crippen molar-refractivity contribution in [3.8, 4) is 17.0 Å². The molecule has 1 aliphatic rings. The number of ether oxygens (including phenoxy) is 1. The topological polar surface area (TPSA) is 83.5 Å². The van der Waals surface area contributed by atoms with E-state index in [4.69, 9.17) is 4.74 Å². The number of carbonyl (C=O) groups is 1. The van der Waals surface area contributed by atoms with Crippen molar-refractivity contribution in [2.24, 2.45) is 0 Å². The van der Waals surface area contributed by atoms with E-state index >= 15 is 0 Å². The number of carbonyl (C=O) groups excluding carboxylic acids is 1. The number of halogens is 2. The zero-order valence-electron chi connectivity index (χ0n) is 19.6. The van der Waals surface area contributed by atoms with Crippen molar-refractivity contribution in [2.75, 3.05) is 46.4 Å². The van der Waals surface area contributed by atoms with Crippen LogP contribution >= 0.6 is 0 Å². The first kappa shape index (κ1) is 24.6. The molecule has 1 fully saturated rings. The van der Waals surface area contributed by atoms with Crippen LogP contribution in [-0.2, 0) is 17.8 Å². The van der Waals surface area contributed by atoms with Gasteiger partial charge in [0.1, 0.15) is 12.4 Å². The molecule has 8 nitrogen and oxygen atoms in total. The van der Waals surface area contributed by atoms with E-state index in [-0.39, 0.29) is 30.6 Å². The molecular weight excluding hydrogens is 454 g/mol. The Balaban J connectivity index is 1.26. The number of hydrogen-bond donors (Lipinski definition) is 1. The Labute approximate surface area is 203 Å². The first-order valence-electron chi connectivity index (χ1n) is 11.5. The number of pyridine rings is 1. The first-order valence-corrected chi connectivity index (χ1v) is 11.5. The lowest BCUT2D eigenvalue weighted by atomic mass is 10.0. The van der Waals surface area contributed by atoms with Crippen LogP contribution < -0.4 is 10.1 Å². The van der Waals surface area contributed by atoms with Crippen LogP contribution in [0.25, 0.3) is 11.1 Å². The lowest BCUT2D eigenvalue weighted by Crippen LogP contribution is -2.45. The molecule has 0 atom stereocenters. The molecule has 2 aromatic heterocycles. The number of aromatic nitrogens is 3. The summed E-state index contributed by atoms with van der Waals surface area (Å²) in [5.41, 5.74) is 1.76. The van der Waals surface area contributed by atoms with Crippen molar-refractivity contribution in [2.45, 2.75) is 13.0 Å². The zero-order valence-corrected chi connectivity index (χ0v) is 19.6. The molecule has 3 aromatic rings. The number of likely N-dealkylation sites (N-methyl/N-ethyl adjacent to an activating group) is 1. The molecule has 1 saturated heterocycles. The van der Waals surface area contributed by atoms with Crippen molar-refractivity contribution < 1.29 is 18.3 Å². The number of rotatable bonds is 9. The molecule has 4 rings (SSSR count). The van der Waals surface area contributed by atoms with Gasteiger partial charge < -0.3 is 15.0 Å². The monoisotopic (exact) mass is 482 g/mol. The fraction of sp³-hybridized carbons (Fsp3) is 0.360. The van der Waals surface area contributed by atoms with E-state index in [1.807, 2.05) is 0 Å². The van der Waals surface area contributed by atoms with E-state index in [1.54, 1.807) is 24.3 Å². The van der Waals surface area contributed by atoms with Crippen molar-refractivity contribution in [3.05, 3.63) is 71.9 Å². The summed E-state index contributed by atoms with van der Waals surface area (Å²) < 4.78 is 33.5. The molecule has 3 heterocycles. The van der Waals surface area contributed by atoms with Crippen molar-refractivity contribution in [1.29, 1.82) is 0 Å². The standard InChI is InChI=1S/C25H28F2N6O2/c1-32-8-10-33(11-9-32)12-13-35-25-15-21(26)20(16-30-25)19-4-2-18(3-5-19)14-24(34)29-17-23-28-7-6-22(27)31-23/h2-7,15-16H,8-14,17H2,1H3,(H,29,34). The van der Waals surface area contributed by atoms with E-state index in [1.165, 1.54) is 18.5 Å². The quantitative estimate of drug-likeness (QED) is 0.469. The summed E-state index contributed by atoms with van der Waals surface area (Å²) in [5.74, 6) is -0.863. The molecule has 10 heteroatoms. The van der Waals surface area contributed by atoms with Gasteiger partial charge in [-0.25, -0.2) is 19.3 Å². The van der Waals surface area contributed by atoms with E-state index in [9.17, 15) is 13.6 Å². The number of benzene rings is 1. The highest BCUT2D eigenvalue weighted by molar-refractivity contribution is 5.78. The third-order valence-corrected chi connectivity index (χ3v) is 5.83. The molecule has 1 aliphatic heterocycles. The maximum absolute atomic E-state index is 14.7. The van der Waals surface area contributed by atoms with E-state index < -0.39 is 11.8 Å². The van der Waals surface area contributed by atoms with Gasteiger partial charge in [0.15, 0.2) is 5.82 Å². The number of nitrogens with one attached hydrogen (secondary N) is 1. The van der Waals surface area contributed by atoms with Crippen LogP contribution in [-0.4, -0.2) is 77.0 Å². The second-order valence-electron chi connectivity index (χ2n) is 8.44. The molecule has 0 aliphatic carbocycles. The molecule has 184 valence electrons. The zero-order chi connectivity index (χ0) is 24.6. The van der Waals surface area contributed by atoms with Crippen LogP contribution in [0.15, 0.2) is 48.8 Å². The average molecular weight is 483 g/mol. The Hall–Kier alpha value is -3.50. The maximum atomic E-state index is 14.7. The highest BCUT2D eigenvalue weighted by Gasteiger charge is 2.14. The summed E-state index contributed by atoms with van der Waals surface area (Å²) in [5, 5.41) is 2.66. The van der Waals surface area contributed by atoms with Crippen LogP contribution in [0.4, 0.5) is 8.78 Å². The SMILES string of the molecule is CN1CCN(CCOc2cc(F)c(-c3ccc(CC(=O)NCc4nccc(F)n4)cc3)cn2)CC1. The Bertz CT molecular complexity index is 1140. The normalized spacial score (nSPS) is 14.6. The van der Waals surface area contributed by atoms with Gasteiger partial charge in [0.2, 0.25) is 17.7 Å². The number of hydrogen-bond acceptors (Lipinski definition) is 7. The van der Waals surface area contributed by atoms with Crippen LogP contribution in [0.2, 0.25) is 0 Å². The Morgan fingerprint density at radius 1 is 1.09 bits per heavy atom. The minimum atomic E-state index is -0.646. The predicted molar refractivity (Wildman–Crippen MR) is 127 cm³/mol. The van der Waals surface area contributed by atoms with Crippen LogP contribution in [0.5, 0.6) is 5.88 Å². The van der Waals surface area contributed by atoms with Crippen LogP contribution in [0, 0.1) is 11.8 Å². The lowest BCUT2D eigenvalue weighted by Gasteiger charge is -2.32. The summed E-state index contributed by atoms with van der Waals surface area (Å²) in [6, 6.07) is 9.44. The second-order valence-corrected chi connectivity index (χ2v) is 8.44.